The molecular weight excluding hydrogens is 269 g/mol. The van der Waals surface area contributed by atoms with Crippen LogP contribution in [0.1, 0.15) is 5.56 Å². The molecule has 0 unspecified atom stereocenters. The number of hydrogen-bond donors (Lipinski definition) is 1. The van der Waals surface area contributed by atoms with E-state index in [-0.39, 0.29) is 0 Å². The molecule has 2 rings (SSSR count). The Hall–Kier alpha value is -1.38. The van der Waals surface area contributed by atoms with Crippen molar-refractivity contribution in [1.82, 2.24) is 0 Å². The zero-order valence-electron chi connectivity index (χ0n) is 9.91. The number of halogens is 2. The van der Waals surface area contributed by atoms with Gasteiger partial charge in [0.1, 0.15) is 0 Å². The maximum Gasteiger partial charge on any atom is 0.159 e. The van der Waals surface area contributed by atoms with Gasteiger partial charge in [-0.2, -0.15) is 0 Å². The van der Waals surface area contributed by atoms with Gasteiger partial charge in [0.25, 0.3) is 0 Å². The Morgan fingerprint density at radius 3 is 2.39 bits per heavy atom. The average Bonchev–Trinajstić information content (AvgIpc) is 2.33. The van der Waals surface area contributed by atoms with Crippen LogP contribution in [-0.2, 0) is 0 Å². The number of ether oxygens (including phenoxy) is 1. The maximum atomic E-state index is 6.00. The monoisotopic (exact) mass is 281 g/mol. The first kappa shape index (κ1) is 13.1. The summed E-state index contributed by atoms with van der Waals surface area (Å²) in [7, 11) is 0. The van der Waals surface area contributed by atoms with Crippen molar-refractivity contribution in [2.45, 2.75) is 6.92 Å². The van der Waals surface area contributed by atoms with E-state index in [9.17, 15) is 0 Å². The minimum absolute atomic E-state index is 0.312. The predicted octanol–water partition coefficient (Wildman–Crippen LogP) is 4.75. The first-order valence-corrected chi connectivity index (χ1v) is 6.30. The Morgan fingerprint density at radius 2 is 1.72 bits per heavy atom. The van der Waals surface area contributed by atoms with Gasteiger partial charge in [-0.3, -0.25) is 0 Å². The lowest BCUT2D eigenvalue weighted by molar-refractivity contribution is 0.347. The van der Waals surface area contributed by atoms with E-state index >= 15 is 0 Å². The molecule has 0 spiro atoms. The molecule has 0 saturated carbocycles. The Morgan fingerprint density at radius 1 is 1.06 bits per heavy atom. The number of anilines is 1. The Kier molecular flexibility index (Phi) is 4.34. The van der Waals surface area contributed by atoms with Crippen LogP contribution in [0.15, 0.2) is 42.5 Å². The summed E-state index contributed by atoms with van der Waals surface area (Å²) in [6, 6.07) is 13.3. The lowest BCUT2D eigenvalue weighted by Crippen LogP contribution is -2.09. The molecule has 0 bridgehead atoms. The summed E-state index contributed by atoms with van der Waals surface area (Å²) in [6.45, 7) is 2.35. The molecule has 2 aromatic rings. The normalized spacial score (nSPS) is 10.2. The smallest absolute Gasteiger partial charge is 0.159 e. The van der Waals surface area contributed by atoms with Crippen LogP contribution in [0.2, 0.25) is 10.0 Å². The van der Waals surface area contributed by atoms with Crippen molar-refractivity contribution in [3.05, 3.63) is 58.1 Å². The molecule has 0 saturated heterocycles. The van der Waals surface area contributed by atoms with Crippen molar-refractivity contribution in [3.8, 4) is 5.75 Å². The van der Waals surface area contributed by atoms with E-state index in [4.69, 9.17) is 27.9 Å². The molecule has 0 aliphatic carbocycles. The minimum atomic E-state index is 0.312. The van der Waals surface area contributed by atoms with Crippen LogP contribution in [0.5, 0.6) is 5.75 Å². The van der Waals surface area contributed by atoms with Crippen molar-refractivity contribution in [1.29, 1.82) is 0 Å². The fraction of sp³-hybridized carbons (Fsp3) is 0.143. The number of aryl methyl sites for hydroxylation is 1. The van der Waals surface area contributed by atoms with Crippen LogP contribution in [0.3, 0.4) is 0 Å². The third kappa shape index (κ3) is 3.31. The molecule has 0 fully saturated rings. The van der Waals surface area contributed by atoms with E-state index in [1.165, 1.54) is 5.56 Å². The second-order valence-electron chi connectivity index (χ2n) is 3.89. The van der Waals surface area contributed by atoms with Crippen molar-refractivity contribution in [2.75, 3.05) is 12.0 Å². The van der Waals surface area contributed by atoms with Gasteiger partial charge in [0.15, 0.2) is 12.5 Å². The number of nitrogens with one attached hydrogen (secondary N) is 1. The first-order valence-electron chi connectivity index (χ1n) is 5.54. The van der Waals surface area contributed by atoms with Gasteiger partial charge >= 0.3 is 0 Å². The topological polar surface area (TPSA) is 21.3 Å². The van der Waals surface area contributed by atoms with E-state index in [0.29, 0.717) is 22.5 Å². The van der Waals surface area contributed by atoms with E-state index in [1.54, 1.807) is 18.2 Å². The lowest BCUT2D eigenvalue weighted by atomic mass is 10.2. The zero-order valence-corrected chi connectivity index (χ0v) is 11.4. The SMILES string of the molecule is Cc1cccc(NCOc2c(Cl)cccc2Cl)c1. The first-order chi connectivity index (χ1) is 8.66. The third-order valence-corrected chi connectivity index (χ3v) is 3.03. The highest BCUT2D eigenvalue weighted by Gasteiger charge is 2.05. The lowest BCUT2D eigenvalue weighted by Gasteiger charge is -2.11. The van der Waals surface area contributed by atoms with Crippen molar-refractivity contribution in [2.24, 2.45) is 0 Å². The van der Waals surface area contributed by atoms with Crippen molar-refractivity contribution >= 4 is 28.9 Å². The highest BCUT2D eigenvalue weighted by molar-refractivity contribution is 6.37. The highest BCUT2D eigenvalue weighted by Crippen LogP contribution is 2.32. The maximum absolute atomic E-state index is 6.00. The van der Waals surface area contributed by atoms with E-state index in [0.717, 1.165) is 5.69 Å². The standard InChI is InChI=1S/C14H13Cl2NO/c1-10-4-2-5-11(8-10)17-9-18-14-12(15)6-3-7-13(14)16/h2-8,17H,9H2,1H3. The minimum Gasteiger partial charge on any atom is -0.470 e. The van der Waals surface area contributed by atoms with Crippen LogP contribution in [0.4, 0.5) is 5.69 Å². The Labute approximate surface area is 116 Å². The van der Waals surface area contributed by atoms with Crippen LogP contribution in [-0.4, -0.2) is 6.73 Å². The largest absolute Gasteiger partial charge is 0.470 e. The molecule has 0 atom stereocenters. The fourth-order valence-electron chi connectivity index (χ4n) is 1.57. The van der Waals surface area contributed by atoms with Gasteiger partial charge in [-0.15, -0.1) is 0 Å². The molecule has 0 amide bonds. The van der Waals surface area contributed by atoms with Crippen molar-refractivity contribution in [3.63, 3.8) is 0 Å². The summed E-state index contributed by atoms with van der Waals surface area (Å²) in [6.07, 6.45) is 0. The fourth-order valence-corrected chi connectivity index (χ4v) is 2.07. The molecule has 0 aliphatic heterocycles. The summed E-state index contributed by atoms with van der Waals surface area (Å²) in [5, 5.41) is 4.16. The molecule has 4 heteroatoms. The van der Waals surface area contributed by atoms with Gasteiger partial charge in [-0.05, 0) is 36.8 Å². The van der Waals surface area contributed by atoms with Gasteiger partial charge in [0, 0.05) is 5.69 Å². The average molecular weight is 282 g/mol. The molecule has 0 aliphatic rings. The number of hydrogen-bond acceptors (Lipinski definition) is 2. The zero-order chi connectivity index (χ0) is 13.0. The van der Waals surface area contributed by atoms with Gasteiger partial charge in [-0.1, -0.05) is 41.4 Å². The molecule has 0 radical (unpaired) electrons. The molecule has 1 N–H and O–H groups in total. The summed E-state index contributed by atoms with van der Waals surface area (Å²) in [5.41, 5.74) is 2.19. The second-order valence-corrected chi connectivity index (χ2v) is 4.70. The summed E-state index contributed by atoms with van der Waals surface area (Å²) >= 11 is 12.0. The molecule has 18 heavy (non-hydrogen) atoms. The molecule has 2 aromatic carbocycles. The molecule has 0 aromatic heterocycles. The summed E-state index contributed by atoms with van der Waals surface area (Å²) in [5.74, 6) is 0.501. The Bertz CT molecular complexity index is 523. The van der Waals surface area contributed by atoms with Crippen LogP contribution < -0.4 is 10.1 Å². The van der Waals surface area contributed by atoms with Gasteiger partial charge in [0.05, 0.1) is 10.0 Å². The van der Waals surface area contributed by atoms with Gasteiger partial charge in [0.2, 0.25) is 0 Å². The van der Waals surface area contributed by atoms with Gasteiger partial charge in [-0.25, -0.2) is 0 Å². The van der Waals surface area contributed by atoms with Crippen LogP contribution >= 0.6 is 23.2 Å². The number of para-hydroxylation sites is 1. The third-order valence-electron chi connectivity index (χ3n) is 2.43. The summed E-state index contributed by atoms with van der Waals surface area (Å²) in [4.78, 5) is 0. The van der Waals surface area contributed by atoms with E-state index in [2.05, 4.69) is 5.32 Å². The second kappa shape index (κ2) is 5.98. The molecule has 2 nitrogen and oxygen atoms in total. The number of benzene rings is 2. The summed E-state index contributed by atoms with van der Waals surface area (Å²) < 4.78 is 5.54. The van der Waals surface area contributed by atoms with E-state index in [1.807, 2.05) is 31.2 Å². The molecule has 94 valence electrons. The Balaban J connectivity index is 1.97. The molecular formula is C14H13Cl2NO. The highest BCUT2D eigenvalue weighted by atomic mass is 35.5. The van der Waals surface area contributed by atoms with Crippen LogP contribution in [0, 0.1) is 6.92 Å². The van der Waals surface area contributed by atoms with Gasteiger partial charge < -0.3 is 10.1 Å². The predicted molar refractivity (Wildman–Crippen MR) is 76.8 cm³/mol. The quantitative estimate of drug-likeness (QED) is 0.817. The van der Waals surface area contributed by atoms with E-state index < -0.39 is 0 Å². The molecule has 0 heterocycles. The van der Waals surface area contributed by atoms with Crippen molar-refractivity contribution < 1.29 is 4.74 Å². The van der Waals surface area contributed by atoms with Crippen LogP contribution in [0.25, 0.3) is 0 Å². The number of rotatable bonds is 4.